The molecule has 3 aliphatic carbocycles. The summed E-state index contributed by atoms with van der Waals surface area (Å²) in [6.07, 6.45) is -1.34. The number of ketones is 2. The van der Waals surface area contributed by atoms with Gasteiger partial charge in [-0.15, -0.1) is 0 Å². The van der Waals surface area contributed by atoms with Crippen LogP contribution in [0.4, 0.5) is 0 Å². The van der Waals surface area contributed by atoms with Crippen LogP contribution in [0, 0.1) is 5.92 Å². The Hall–Kier alpha value is -0.740. The maximum absolute atomic E-state index is 10.7. The third-order valence-electron chi connectivity index (χ3n) is 2.32. The molecule has 3 fully saturated rings. The van der Waals surface area contributed by atoms with Crippen LogP contribution in [-0.2, 0) is 9.59 Å². The maximum Gasteiger partial charge on any atom is 0.178 e. The van der Waals surface area contributed by atoms with Gasteiger partial charge in [-0.25, -0.2) is 0 Å². The predicted molar refractivity (Wildman–Crippen MR) is 29.1 cm³/mol. The minimum atomic E-state index is -1.71. The molecule has 3 aliphatic rings. The van der Waals surface area contributed by atoms with Gasteiger partial charge in [0.05, 0.1) is 5.92 Å². The molecule has 2 unspecified atom stereocenters. The molecule has 0 aromatic heterocycles. The molecule has 2 bridgehead atoms. The first-order chi connectivity index (χ1) is 4.57. The highest BCUT2D eigenvalue weighted by Gasteiger charge is 2.69. The minimum absolute atomic E-state index is 0.117. The summed E-state index contributed by atoms with van der Waals surface area (Å²) < 4.78 is 0. The molecule has 0 amide bonds. The molecular formula is C6H6O4. The van der Waals surface area contributed by atoms with Crippen LogP contribution in [0.1, 0.15) is 6.42 Å². The zero-order chi connectivity index (χ0) is 7.52. The number of carbonyl (C=O) groups is 2. The molecule has 54 valence electrons. The van der Waals surface area contributed by atoms with E-state index in [1.54, 1.807) is 0 Å². The fourth-order valence-corrected chi connectivity index (χ4v) is 1.58. The number of aliphatic hydroxyl groups is 2. The first-order valence-electron chi connectivity index (χ1n) is 3.06. The molecule has 2 N–H and O–H groups in total. The molecule has 0 spiro atoms. The Morgan fingerprint density at radius 2 is 2.10 bits per heavy atom. The van der Waals surface area contributed by atoms with E-state index in [0.29, 0.717) is 0 Å². The average molecular weight is 142 g/mol. The van der Waals surface area contributed by atoms with Gasteiger partial charge in [0.1, 0.15) is 6.10 Å². The summed E-state index contributed by atoms with van der Waals surface area (Å²) in [5, 5.41) is 18.1. The van der Waals surface area contributed by atoms with Crippen molar-refractivity contribution < 1.29 is 19.8 Å². The summed E-state index contributed by atoms with van der Waals surface area (Å²) in [6.45, 7) is 0. The lowest BCUT2D eigenvalue weighted by Crippen LogP contribution is -2.52. The number of carbonyl (C=O) groups excluding carboxylic acids is 2. The van der Waals surface area contributed by atoms with E-state index in [0.717, 1.165) is 0 Å². The van der Waals surface area contributed by atoms with E-state index in [4.69, 9.17) is 10.2 Å². The van der Waals surface area contributed by atoms with Gasteiger partial charge in [-0.3, -0.25) is 9.59 Å². The van der Waals surface area contributed by atoms with Crippen LogP contribution < -0.4 is 0 Å². The fourth-order valence-electron chi connectivity index (χ4n) is 1.58. The summed E-state index contributed by atoms with van der Waals surface area (Å²) in [7, 11) is 0. The first-order valence-corrected chi connectivity index (χ1v) is 3.06. The summed E-state index contributed by atoms with van der Waals surface area (Å²) in [6, 6.07) is 0. The molecule has 0 radical (unpaired) electrons. The van der Waals surface area contributed by atoms with E-state index in [1.165, 1.54) is 0 Å². The van der Waals surface area contributed by atoms with Gasteiger partial charge in [0.25, 0.3) is 0 Å². The summed E-state index contributed by atoms with van der Waals surface area (Å²) >= 11 is 0. The second kappa shape index (κ2) is 1.31. The Balaban J connectivity index is 2.46. The molecule has 0 saturated heterocycles. The van der Waals surface area contributed by atoms with Crippen LogP contribution in [-0.4, -0.2) is 33.5 Å². The first kappa shape index (κ1) is 6.00. The SMILES string of the molecule is O=C1C2C[C@@](O)(C2=O)C1O. The lowest BCUT2D eigenvalue weighted by Gasteiger charge is -2.29. The van der Waals surface area contributed by atoms with E-state index in [-0.39, 0.29) is 6.42 Å². The highest BCUT2D eigenvalue weighted by Crippen LogP contribution is 2.45. The van der Waals surface area contributed by atoms with Gasteiger partial charge in [0, 0.05) is 6.42 Å². The fraction of sp³-hybridized carbons (Fsp3) is 0.667. The van der Waals surface area contributed by atoms with Crippen molar-refractivity contribution in [2.45, 2.75) is 18.1 Å². The highest BCUT2D eigenvalue weighted by atomic mass is 16.4. The summed E-state index contributed by atoms with van der Waals surface area (Å²) in [5.41, 5.74) is -1.71. The van der Waals surface area contributed by atoms with Crippen molar-refractivity contribution in [2.24, 2.45) is 5.92 Å². The third-order valence-corrected chi connectivity index (χ3v) is 2.32. The van der Waals surface area contributed by atoms with Gasteiger partial charge in [0.2, 0.25) is 0 Å². The van der Waals surface area contributed by atoms with Gasteiger partial charge in [-0.1, -0.05) is 0 Å². The normalized spacial score (nSPS) is 51.4. The molecular weight excluding hydrogens is 136 g/mol. The molecule has 0 heterocycles. The zero-order valence-corrected chi connectivity index (χ0v) is 5.07. The zero-order valence-electron chi connectivity index (χ0n) is 5.07. The molecule has 3 atom stereocenters. The van der Waals surface area contributed by atoms with Crippen molar-refractivity contribution in [3.63, 3.8) is 0 Å². The van der Waals surface area contributed by atoms with Crippen LogP contribution in [0.3, 0.4) is 0 Å². The molecule has 0 aliphatic heterocycles. The second-order valence-electron chi connectivity index (χ2n) is 2.85. The van der Waals surface area contributed by atoms with E-state index < -0.39 is 29.2 Å². The second-order valence-corrected chi connectivity index (χ2v) is 2.85. The lowest BCUT2D eigenvalue weighted by atomic mass is 9.78. The lowest BCUT2D eigenvalue weighted by molar-refractivity contribution is -0.157. The summed E-state index contributed by atoms with van der Waals surface area (Å²) in [5.74, 6) is -1.74. The molecule has 10 heavy (non-hydrogen) atoms. The smallest absolute Gasteiger partial charge is 0.178 e. The topological polar surface area (TPSA) is 74.6 Å². The molecule has 0 aromatic carbocycles. The Kier molecular flexibility index (Phi) is 0.784. The predicted octanol–water partition coefficient (Wildman–Crippen LogP) is -1.75. The minimum Gasteiger partial charge on any atom is -0.382 e. The Morgan fingerprint density at radius 1 is 1.50 bits per heavy atom. The van der Waals surface area contributed by atoms with Crippen molar-refractivity contribution >= 4 is 11.6 Å². The maximum atomic E-state index is 10.7. The van der Waals surface area contributed by atoms with Crippen molar-refractivity contribution in [2.75, 3.05) is 0 Å². The number of hydrogen-bond acceptors (Lipinski definition) is 4. The molecule has 3 saturated carbocycles. The quantitative estimate of drug-likeness (QED) is 0.393. The third kappa shape index (κ3) is 0.356. The van der Waals surface area contributed by atoms with Gasteiger partial charge in [0.15, 0.2) is 17.2 Å². The Bertz CT molecular complexity index is 226. The van der Waals surface area contributed by atoms with Crippen LogP contribution in [0.2, 0.25) is 0 Å². The van der Waals surface area contributed by atoms with Crippen molar-refractivity contribution in [1.29, 1.82) is 0 Å². The molecule has 0 aromatic rings. The van der Waals surface area contributed by atoms with E-state index >= 15 is 0 Å². The van der Waals surface area contributed by atoms with Crippen LogP contribution >= 0.6 is 0 Å². The Morgan fingerprint density at radius 3 is 2.20 bits per heavy atom. The van der Waals surface area contributed by atoms with Crippen LogP contribution in [0.5, 0.6) is 0 Å². The molecule has 3 rings (SSSR count). The van der Waals surface area contributed by atoms with Gasteiger partial charge in [-0.2, -0.15) is 0 Å². The van der Waals surface area contributed by atoms with Crippen molar-refractivity contribution in [3.05, 3.63) is 0 Å². The number of fused-ring (bicyclic) bond motifs is 1. The van der Waals surface area contributed by atoms with Gasteiger partial charge in [-0.05, 0) is 0 Å². The Labute approximate surface area is 56.5 Å². The van der Waals surface area contributed by atoms with Gasteiger partial charge < -0.3 is 10.2 Å². The number of hydrogen-bond donors (Lipinski definition) is 2. The monoisotopic (exact) mass is 142 g/mol. The summed E-state index contributed by atoms with van der Waals surface area (Å²) in [4.78, 5) is 21.5. The average Bonchev–Trinajstić information content (AvgIpc) is 2.21. The number of Topliss-reactive ketones (excluding diaryl/α,β-unsaturated/α-hetero) is 2. The van der Waals surface area contributed by atoms with E-state index in [9.17, 15) is 9.59 Å². The van der Waals surface area contributed by atoms with Crippen molar-refractivity contribution in [1.82, 2.24) is 0 Å². The largest absolute Gasteiger partial charge is 0.382 e. The number of rotatable bonds is 0. The van der Waals surface area contributed by atoms with Crippen molar-refractivity contribution in [3.8, 4) is 0 Å². The van der Waals surface area contributed by atoms with Gasteiger partial charge >= 0.3 is 0 Å². The standard InChI is InChI=1S/C6H6O4/c7-3-2-1-6(10,4(2)8)5(3)9/h2,5,9-10H,1H2/t2?,5?,6-/m1/s1. The van der Waals surface area contributed by atoms with E-state index in [2.05, 4.69) is 0 Å². The molecule has 4 nitrogen and oxygen atoms in total. The van der Waals surface area contributed by atoms with Crippen LogP contribution in [0.15, 0.2) is 0 Å². The number of aliphatic hydroxyl groups excluding tert-OH is 1. The van der Waals surface area contributed by atoms with Crippen LogP contribution in [0.25, 0.3) is 0 Å². The molecule has 4 heteroatoms. The highest BCUT2D eigenvalue weighted by molar-refractivity contribution is 6.21. The van der Waals surface area contributed by atoms with E-state index in [1.807, 2.05) is 0 Å².